The van der Waals surface area contributed by atoms with Crippen molar-refractivity contribution >= 4 is 27.7 Å². The molecule has 0 unspecified atom stereocenters. The van der Waals surface area contributed by atoms with Crippen LogP contribution < -0.4 is 4.74 Å². The van der Waals surface area contributed by atoms with Gasteiger partial charge in [-0.05, 0) is 30.3 Å². The molecule has 0 aliphatic rings. The molecule has 7 heteroatoms. The van der Waals surface area contributed by atoms with Crippen LogP contribution in [-0.4, -0.2) is 33.8 Å². The molecule has 0 saturated heterocycles. The molecule has 1 N–H and O–H groups in total. The Bertz CT molecular complexity index is 782. The van der Waals surface area contributed by atoms with Crippen molar-refractivity contribution in [1.82, 2.24) is 10.2 Å². The number of hydrogen-bond acceptors (Lipinski definition) is 6. The van der Waals surface area contributed by atoms with Gasteiger partial charge in [0, 0.05) is 15.8 Å². The third-order valence-corrected chi connectivity index (χ3v) is 4.52. The minimum absolute atomic E-state index is 0.198. The topological polar surface area (TPSA) is 68.4 Å². The summed E-state index contributed by atoms with van der Waals surface area (Å²) in [6.07, 6.45) is -0.638. The van der Waals surface area contributed by atoms with Crippen LogP contribution in [0.5, 0.6) is 5.75 Å². The van der Waals surface area contributed by atoms with Crippen molar-refractivity contribution in [3.05, 3.63) is 59.1 Å². The highest BCUT2D eigenvalue weighted by Crippen LogP contribution is 2.23. The van der Waals surface area contributed by atoms with Gasteiger partial charge < -0.3 is 14.3 Å². The van der Waals surface area contributed by atoms with Crippen LogP contribution in [0.4, 0.5) is 0 Å². The highest BCUT2D eigenvalue weighted by Gasteiger charge is 2.12. The molecule has 0 fully saturated rings. The van der Waals surface area contributed by atoms with Gasteiger partial charge in [-0.25, -0.2) is 0 Å². The lowest BCUT2D eigenvalue weighted by atomic mass is 10.2. The van der Waals surface area contributed by atoms with Crippen molar-refractivity contribution in [1.29, 1.82) is 0 Å². The van der Waals surface area contributed by atoms with Gasteiger partial charge in [0.2, 0.25) is 5.89 Å². The summed E-state index contributed by atoms with van der Waals surface area (Å²) in [5, 5.41) is 18.4. The van der Waals surface area contributed by atoms with Gasteiger partial charge in [-0.2, -0.15) is 0 Å². The van der Waals surface area contributed by atoms with Crippen molar-refractivity contribution in [3.8, 4) is 17.2 Å². The van der Waals surface area contributed by atoms with E-state index in [0.29, 0.717) is 22.6 Å². The number of benzene rings is 2. The Hall–Kier alpha value is -1.83. The molecule has 2 aromatic carbocycles. The molecular weight excluding hydrogens is 392 g/mol. The molecule has 1 heterocycles. The maximum absolute atomic E-state index is 10.0. The first-order valence-corrected chi connectivity index (χ1v) is 9.07. The second kappa shape index (κ2) is 8.32. The molecule has 0 radical (unpaired) electrons. The standard InChI is InChI=1S/C17H15BrN2O3S/c18-13-7-4-8-15(9-13)22-10-14(21)11-24-17-20-19-16(23-17)12-5-2-1-3-6-12/h1-9,14,21H,10-11H2/t14-/m1/s1. The number of hydrogen-bond donors (Lipinski definition) is 1. The largest absolute Gasteiger partial charge is 0.491 e. The first-order valence-electron chi connectivity index (χ1n) is 7.29. The first kappa shape index (κ1) is 17.0. The van der Waals surface area contributed by atoms with E-state index in [9.17, 15) is 5.11 Å². The third kappa shape index (κ3) is 4.83. The van der Waals surface area contributed by atoms with E-state index in [4.69, 9.17) is 9.15 Å². The minimum Gasteiger partial charge on any atom is -0.491 e. The van der Waals surface area contributed by atoms with E-state index in [0.717, 1.165) is 10.0 Å². The van der Waals surface area contributed by atoms with E-state index < -0.39 is 6.10 Å². The fourth-order valence-electron chi connectivity index (χ4n) is 1.93. The lowest BCUT2D eigenvalue weighted by Crippen LogP contribution is -2.20. The molecule has 0 aliphatic heterocycles. The molecule has 3 rings (SSSR count). The first-order chi connectivity index (χ1) is 11.7. The highest BCUT2D eigenvalue weighted by molar-refractivity contribution is 9.10. The quantitative estimate of drug-likeness (QED) is 0.597. The number of aliphatic hydroxyl groups excluding tert-OH is 1. The Balaban J connectivity index is 1.48. The number of rotatable bonds is 7. The number of aliphatic hydroxyl groups is 1. The van der Waals surface area contributed by atoms with Crippen molar-refractivity contribution in [2.75, 3.05) is 12.4 Å². The Kier molecular flexibility index (Phi) is 5.90. The van der Waals surface area contributed by atoms with Gasteiger partial charge in [0.25, 0.3) is 5.22 Å². The molecular formula is C17H15BrN2O3S. The van der Waals surface area contributed by atoms with Crippen molar-refractivity contribution in [2.45, 2.75) is 11.3 Å². The van der Waals surface area contributed by atoms with E-state index in [1.165, 1.54) is 11.8 Å². The van der Waals surface area contributed by atoms with Crippen LogP contribution >= 0.6 is 27.7 Å². The maximum atomic E-state index is 10.0. The molecule has 24 heavy (non-hydrogen) atoms. The number of halogens is 1. The van der Waals surface area contributed by atoms with E-state index in [2.05, 4.69) is 26.1 Å². The van der Waals surface area contributed by atoms with Crippen LogP contribution in [0.2, 0.25) is 0 Å². The van der Waals surface area contributed by atoms with Gasteiger partial charge in [0.05, 0.1) is 6.10 Å². The van der Waals surface area contributed by atoms with Crippen LogP contribution in [0.3, 0.4) is 0 Å². The van der Waals surface area contributed by atoms with Crippen LogP contribution in [-0.2, 0) is 0 Å². The summed E-state index contributed by atoms with van der Waals surface area (Å²) < 4.78 is 12.1. The van der Waals surface area contributed by atoms with Gasteiger partial charge in [0.1, 0.15) is 12.4 Å². The summed E-state index contributed by atoms with van der Waals surface area (Å²) in [5.41, 5.74) is 0.871. The molecule has 0 saturated carbocycles. The molecule has 0 bridgehead atoms. The fraction of sp³-hybridized carbons (Fsp3) is 0.176. The SMILES string of the molecule is O[C@H](COc1cccc(Br)c1)CSc1nnc(-c2ccccc2)o1. The predicted molar refractivity (Wildman–Crippen MR) is 96.1 cm³/mol. The number of aromatic nitrogens is 2. The Labute approximate surface area is 152 Å². The molecule has 3 aromatic rings. The molecule has 0 amide bonds. The van der Waals surface area contributed by atoms with Crippen LogP contribution in [0.1, 0.15) is 0 Å². The van der Waals surface area contributed by atoms with E-state index in [1.54, 1.807) is 0 Å². The second-order valence-corrected chi connectivity index (χ2v) is 6.86. The second-order valence-electron chi connectivity index (χ2n) is 4.97. The predicted octanol–water partition coefficient (Wildman–Crippen LogP) is 4.03. The molecule has 5 nitrogen and oxygen atoms in total. The average molecular weight is 407 g/mol. The summed E-state index contributed by atoms with van der Waals surface area (Å²) in [6, 6.07) is 17.1. The normalized spacial score (nSPS) is 12.1. The van der Waals surface area contributed by atoms with Gasteiger partial charge in [0.15, 0.2) is 0 Å². The summed E-state index contributed by atoms with van der Waals surface area (Å²) in [5.74, 6) is 1.58. The van der Waals surface area contributed by atoms with E-state index in [-0.39, 0.29) is 6.61 Å². The molecule has 0 aliphatic carbocycles. The zero-order valence-electron chi connectivity index (χ0n) is 12.6. The van der Waals surface area contributed by atoms with Gasteiger partial charge in [-0.3, -0.25) is 0 Å². The monoisotopic (exact) mass is 406 g/mol. The lowest BCUT2D eigenvalue weighted by molar-refractivity contribution is 0.126. The van der Waals surface area contributed by atoms with Crippen molar-refractivity contribution in [2.24, 2.45) is 0 Å². The molecule has 124 valence electrons. The van der Waals surface area contributed by atoms with E-state index >= 15 is 0 Å². The van der Waals surface area contributed by atoms with Gasteiger partial charge in [-0.15, -0.1) is 10.2 Å². The minimum atomic E-state index is -0.638. The molecule has 1 aromatic heterocycles. The molecule has 0 spiro atoms. The summed E-state index contributed by atoms with van der Waals surface area (Å²) in [6.45, 7) is 0.198. The van der Waals surface area contributed by atoms with E-state index in [1.807, 2.05) is 54.6 Å². The zero-order chi connectivity index (χ0) is 16.8. The number of nitrogens with zero attached hydrogens (tertiary/aromatic N) is 2. The summed E-state index contributed by atoms with van der Waals surface area (Å²) in [4.78, 5) is 0. The number of thioether (sulfide) groups is 1. The zero-order valence-corrected chi connectivity index (χ0v) is 15.0. The fourth-order valence-corrected chi connectivity index (χ4v) is 2.98. The van der Waals surface area contributed by atoms with Crippen molar-refractivity contribution in [3.63, 3.8) is 0 Å². The number of ether oxygens (including phenoxy) is 1. The lowest BCUT2D eigenvalue weighted by Gasteiger charge is -2.11. The van der Waals surface area contributed by atoms with Crippen LogP contribution in [0.15, 0.2) is 68.7 Å². The average Bonchev–Trinajstić information content (AvgIpc) is 3.08. The Morgan fingerprint density at radius 1 is 1.12 bits per heavy atom. The summed E-state index contributed by atoms with van der Waals surface area (Å²) >= 11 is 4.68. The molecule has 1 atom stereocenters. The smallest absolute Gasteiger partial charge is 0.276 e. The maximum Gasteiger partial charge on any atom is 0.276 e. The third-order valence-electron chi connectivity index (χ3n) is 3.06. The Morgan fingerprint density at radius 2 is 1.96 bits per heavy atom. The van der Waals surface area contributed by atoms with Crippen molar-refractivity contribution < 1.29 is 14.3 Å². The van der Waals surface area contributed by atoms with Crippen LogP contribution in [0, 0.1) is 0 Å². The highest BCUT2D eigenvalue weighted by atomic mass is 79.9. The van der Waals surface area contributed by atoms with Gasteiger partial charge >= 0.3 is 0 Å². The van der Waals surface area contributed by atoms with Gasteiger partial charge in [-0.1, -0.05) is 52.0 Å². The van der Waals surface area contributed by atoms with Crippen LogP contribution in [0.25, 0.3) is 11.5 Å². The Morgan fingerprint density at radius 3 is 2.75 bits per heavy atom. The summed E-state index contributed by atoms with van der Waals surface area (Å²) in [7, 11) is 0.